The minimum atomic E-state index is -0.286. The highest BCUT2D eigenvalue weighted by molar-refractivity contribution is 5.68. The fraction of sp³-hybridized carbons (Fsp3) is 0.286. The van der Waals surface area contributed by atoms with Gasteiger partial charge in [-0.05, 0) is 36.8 Å². The van der Waals surface area contributed by atoms with Crippen molar-refractivity contribution in [1.29, 1.82) is 0 Å². The molecule has 3 rings (SSSR count). The molecule has 0 N–H and O–H groups in total. The Morgan fingerprint density at radius 3 is 2.52 bits per heavy atom. The molecule has 0 aromatic heterocycles. The Morgan fingerprint density at radius 2 is 1.80 bits per heavy atom. The zero-order valence-corrected chi connectivity index (χ0v) is 14.4. The van der Waals surface area contributed by atoms with Gasteiger partial charge in [0.05, 0.1) is 0 Å². The molecule has 25 heavy (non-hydrogen) atoms. The van der Waals surface area contributed by atoms with E-state index in [9.17, 15) is 4.79 Å². The Kier molecular flexibility index (Phi) is 5.58. The molecule has 2 aromatic rings. The summed E-state index contributed by atoms with van der Waals surface area (Å²) in [6.07, 6.45) is -0.286. The fourth-order valence-electron chi connectivity index (χ4n) is 2.82. The van der Waals surface area contributed by atoms with Crippen LogP contribution in [0.2, 0.25) is 0 Å². The number of piperazine rings is 1. The SMILES string of the molecule is Cc1cccc(N2CCN(C(=O)OCC#Cc3ccccc3)CC2)c1. The summed E-state index contributed by atoms with van der Waals surface area (Å²) >= 11 is 0. The number of aryl methyl sites for hydroxylation is 1. The molecule has 0 aliphatic carbocycles. The van der Waals surface area contributed by atoms with E-state index in [0.717, 1.165) is 18.7 Å². The van der Waals surface area contributed by atoms with Crippen molar-refractivity contribution in [2.75, 3.05) is 37.7 Å². The van der Waals surface area contributed by atoms with Gasteiger partial charge in [0.15, 0.2) is 6.61 Å². The Hall–Kier alpha value is -2.93. The van der Waals surface area contributed by atoms with E-state index in [1.807, 2.05) is 30.3 Å². The minimum Gasteiger partial charge on any atom is -0.436 e. The molecule has 2 aromatic carbocycles. The van der Waals surface area contributed by atoms with Crippen LogP contribution in [0, 0.1) is 18.8 Å². The summed E-state index contributed by atoms with van der Waals surface area (Å²) in [4.78, 5) is 16.2. The van der Waals surface area contributed by atoms with Crippen LogP contribution in [-0.4, -0.2) is 43.8 Å². The molecular formula is C21H22N2O2. The molecular weight excluding hydrogens is 312 g/mol. The van der Waals surface area contributed by atoms with Crippen LogP contribution in [0.5, 0.6) is 0 Å². The first-order valence-corrected chi connectivity index (χ1v) is 8.49. The fourth-order valence-corrected chi connectivity index (χ4v) is 2.82. The second kappa shape index (κ2) is 8.25. The van der Waals surface area contributed by atoms with E-state index < -0.39 is 0 Å². The monoisotopic (exact) mass is 334 g/mol. The molecule has 4 nitrogen and oxygen atoms in total. The highest BCUT2D eigenvalue weighted by Crippen LogP contribution is 2.18. The summed E-state index contributed by atoms with van der Waals surface area (Å²) in [6.45, 7) is 5.17. The number of ether oxygens (including phenoxy) is 1. The van der Waals surface area contributed by atoms with Crippen LogP contribution < -0.4 is 4.90 Å². The van der Waals surface area contributed by atoms with Crippen molar-refractivity contribution < 1.29 is 9.53 Å². The van der Waals surface area contributed by atoms with E-state index in [2.05, 4.69) is 47.9 Å². The number of benzene rings is 2. The van der Waals surface area contributed by atoms with Crippen LogP contribution in [-0.2, 0) is 4.74 Å². The second-order valence-corrected chi connectivity index (χ2v) is 6.04. The molecule has 0 spiro atoms. The molecule has 1 aliphatic heterocycles. The van der Waals surface area contributed by atoms with Gasteiger partial charge < -0.3 is 14.5 Å². The Bertz CT molecular complexity index is 769. The van der Waals surface area contributed by atoms with Crippen molar-refractivity contribution in [2.45, 2.75) is 6.92 Å². The molecule has 0 atom stereocenters. The largest absolute Gasteiger partial charge is 0.436 e. The van der Waals surface area contributed by atoms with Crippen LogP contribution >= 0.6 is 0 Å². The number of hydrogen-bond acceptors (Lipinski definition) is 3. The van der Waals surface area contributed by atoms with Gasteiger partial charge in [0.25, 0.3) is 0 Å². The lowest BCUT2D eigenvalue weighted by Crippen LogP contribution is -2.49. The maximum atomic E-state index is 12.1. The van der Waals surface area contributed by atoms with Gasteiger partial charge in [-0.15, -0.1) is 0 Å². The summed E-state index contributed by atoms with van der Waals surface area (Å²) in [5.41, 5.74) is 3.38. The number of nitrogens with zero attached hydrogens (tertiary/aromatic N) is 2. The van der Waals surface area contributed by atoms with Crippen molar-refractivity contribution in [3.63, 3.8) is 0 Å². The number of carbonyl (C=O) groups excluding carboxylic acids is 1. The molecule has 1 heterocycles. The predicted octanol–water partition coefficient (Wildman–Crippen LogP) is 3.31. The van der Waals surface area contributed by atoms with E-state index in [4.69, 9.17) is 4.74 Å². The molecule has 1 aliphatic rings. The summed E-state index contributed by atoms with van der Waals surface area (Å²) in [7, 11) is 0. The van der Waals surface area contributed by atoms with Crippen molar-refractivity contribution in [1.82, 2.24) is 4.90 Å². The molecule has 0 radical (unpaired) electrons. The zero-order valence-electron chi connectivity index (χ0n) is 14.4. The van der Waals surface area contributed by atoms with Crippen LogP contribution in [0.1, 0.15) is 11.1 Å². The molecule has 4 heteroatoms. The quantitative estimate of drug-likeness (QED) is 0.790. The third-order valence-corrected chi connectivity index (χ3v) is 4.18. The van der Waals surface area contributed by atoms with Crippen LogP contribution in [0.25, 0.3) is 0 Å². The highest BCUT2D eigenvalue weighted by atomic mass is 16.6. The first-order chi connectivity index (χ1) is 12.2. The van der Waals surface area contributed by atoms with Crippen LogP contribution in [0.4, 0.5) is 10.5 Å². The van der Waals surface area contributed by atoms with Gasteiger partial charge in [-0.1, -0.05) is 42.2 Å². The number of anilines is 1. The van der Waals surface area contributed by atoms with Gasteiger partial charge in [0.2, 0.25) is 0 Å². The number of rotatable bonds is 2. The Labute approximate surface area is 149 Å². The average molecular weight is 334 g/mol. The molecule has 1 fully saturated rings. The summed E-state index contributed by atoms with van der Waals surface area (Å²) < 4.78 is 5.26. The van der Waals surface area contributed by atoms with Crippen LogP contribution in [0.3, 0.4) is 0 Å². The van der Waals surface area contributed by atoms with Crippen LogP contribution in [0.15, 0.2) is 54.6 Å². The number of amides is 1. The van der Waals surface area contributed by atoms with Gasteiger partial charge in [-0.3, -0.25) is 0 Å². The maximum absolute atomic E-state index is 12.1. The second-order valence-electron chi connectivity index (χ2n) is 6.04. The smallest absolute Gasteiger partial charge is 0.410 e. The number of carbonyl (C=O) groups is 1. The van der Waals surface area contributed by atoms with E-state index in [1.54, 1.807) is 4.90 Å². The highest BCUT2D eigenvalue weighted by Gasteiger charge is 2.22. The van der Waals surface area contributed by atoms with E-state index in [1.165, 1.54) is 11.3 Å². The summed E-state index contributed by atoms with van der Waals surface area (Å²) in [6, 6.07) is 18.1. The maximum Gasteiger partial charge on any atom is 0.410 e. The predicted molar refractivity (Wildman–Crippen MR) is 99.6 cm³/mol. The van der Waals surface area contributed by atoms with Gasteiger partial charge in [-0.2, -0.15) is 0 Å². The van der Waals surface area contributed by atoms with Gasteiger partial charge in [0.1, 0.15) is 0 Å². The number of hydrogen-bond donors (Lipinski definition) is 0. The van der Waals surface area contributed by atoms with Crippen molar-refractivity contribution in [2.24, 2.45) is 0 Å². The van der Waals surface area contributed by atoms with Crippen molar-refractivity contribution >= 4 is 11.8 Å². The average Bonchev–Trinajstić information content (AvgIpc) is 2.66. The molecule has 128 valence electrons. The topological polar surface area (TPSA) is 32.8 Å². The first kappa shape index (κ1) is 16.9. The molecule has 0 bridgehead atoms. The molecule has 0 saturated carbocycles. The van der Waals surface area contributed by atoms with Gasteiger partial charge in [-0.25, -0.2) is 4.79 Å². The lowest BCUT2D eigenvalue weighted by Gasteiger charge is -2.35. The lowest BCUT2D eigenvalue weighted by molar-refractivity contribution is 0.111. The minimum absolute atomic E-state index is 0.117. The van der Waals surface area contributed by atoms with Gasteiger partial charge in [0, 0.05) is 37.4 Å². The molecule has 1 saturated heterocycles. The molecule has 0 unspecified atom stereocenters. The van der Waals surface area contributed by atoms with E-state index in [-0.39, 0.29) is 12.7 Å². The normalized spacial score (nSPS) is 13.8. The van der Waals surface area contributed by atoms with Crippen molar-refractivity contribution in [3.8, 4) is 11.8 Å². The van der Waals surface area contributed by atoms with Gasteiger partial charge >= 0.3 is 6.09 Å². The zero-order chi connectivity index (χ0) is 17.5. The Morgan fingerprint density at radius 1 is 1.04 bits per heavy atom. The van der Waals surface area contributed by atoms with E-state index >= 15 is 0 Å². The molecule has 1 amide bonds. The van der Waals surface area contributed by atoms with Crippen molar-refractivity contribution in [3.05, 3.63) is 65.7 Å². The third-order valence-electron chi connectivity index (χ3n) is 4.18. The lowest BCUT2D eigenvalue weighted by atomic mass is 10.2. The Balaban J connectivity index is 1.45. The standard InChI is InChI=1S/C21H22N2O2/c1-18-7-5-11-20(17-18)22-12-14-23(15-13-22)21(24)25-16-6-10-19-8-3-2-4-9-19/h2-5,7-9,11,17H,12-16H2,1H3. The summed E-state index contributed by atoms with van der Waals surface area (Å²) in [5, 5.41) is 0. The summed E-state index contributed by atoms with van der Waals surface area (Å²) in [5.74, 6) is 5.87. The first-order valence-electron chi connectivity index (χ1n) is 8.49. The third kappa shape index (κ3) is 4.77. The van der Waals surface area contributed by atoms with E-state index in [0.29, 0.717) is 13.1 Å².